The lowest BCUT2D eigenvalue weighted by molar-refractivity contribution is -0.115. The van der Waals surface area contributed by atoms with Crippen LogP contribution in [-0.4, -0.2) is 47.9 Å². The lowest BCUT2D eigenvalue weighted by Crippen LogP contribution is -2.37. The third kappa shape index (κ3) is 4.79. The zero-order chi connectivity index (χ0) is 21.0. The van der Waals surface area contributed by atoms with Crippen molar-refractivity contribution in [1.29, 1.82) is 0 Å². The molecule has 1 aromatic heterocycles. The van der Waals surface area contributed by atoms with Crippen molar-refractivity contribution in [3.63, 3.8) is 0 Å². The van der Waals surface area contributed by atoms with Crippen molar-refractivity contribution in [1.82, 2.24) is 15.3 Å². The van der Waals surface area contributed by atoms with Crippen LogP contribution in [0.2, 0.25) is 0 Å². The van der Waals surface area contributed by atoms with Crippen molar-refractivity contribution in [2.75, 3.05) is 25.2 Å². The third-order valence-corrected chi connectivity index (χ3v) is 5.11. The van der Waals surface area contributed by atoms with Gasteiger partial charge in [0.05, 0.1) is 5.69 Å². The number of methoxy groups -OCH3 is 1. The van der Waals surface area contributed by atoms with Gasteiger partial charge < -0.3 is 15.0 Å². The number of hydrogen-bond donors (Lipinski definition) is 1. The van der Waals surface area contributed by atoms with Crippen LogP contribution in [0.4, 0.5) is 17.2 Å². The number of amides is 1. The number of aliphatic imine (C=N–C) groups is 1. The highest BCUT2D eigenvalue weighted by atomic mass is 16.5. The maximum atomic E-state index is 12.6. The standard InChI is InChI=1S/C22H29N5O2/c1-14-6-7-19-18(12-14)8-10-27(19)21-20(16(3)23-13-24-21)26-17(4)22(28)25-15(2)9-11-29-5/h6-7,12-13,15H,8-11H2,1-5H3,(H,25,28)/b26-17+. The highest BCUT2D eigenvalue weighted by Gasteiger charge is 2.25. The van der Waals surface area contributed by atoms with Gasteiger partial charge in [-0.3, -0.25) is 4.79 Å². The Hall–Kier alpha value is -2.80. The molecule has 0 radical (unpaired) electrons. The Labute approximate surface area is 172 Å². The van der Waals surface area contributed by atoms with Gasteiger partial charge >= 0.3 is 0 Å². The van der Waals surface area contributed by atoms with E-state index in [2.05, 4.69) is 50.3 Å². The molecule has 1 N–H and O–H groups in total. The van der Waals surface area contributed by atoms with Crippen LogP contribution in [-0.2, 0) is 16.0 Å². The average Bonchev–Trinajstić information content (AvgIpc) is 3.10. The minimum absolute atomic E-state index is 0.00823. The van der Waals surface area contributed by atoms with Gasteiger partial charge in [0.15, 0.2) is 5.82 Å². The summed E-state index contributed by atoms with van der Waals surface area (Å²) in [5.41, 5.74) is 5.46. The van der Waals surface area contributed by atoms with E-state index in [1.165, 1.54) is 11.1 Å². The third-order valence-electron chi connectivity index (χ3n) is 5.11. The maximum Gasteiger partial charge on any atom is 0.265 e. The summed E-state index contributed by atoms with van der Waals surface area (Å²) in [4.78, 5) is 28.2. The Morgan fingerprint density at radius 1 is 1.34 bits per heavy atom. The number of nitrogens with zero attached hydrogens (tertiary/aromatic N) is 4. The van der Waals surface area contributed by atoms with E-state index >= 15 is 0 Å². The second-order valence-electron chi connectivity index (χ2n) is 7.52. The molecule has 2 heterocycles. The minimum Gasteiger partial charge on any atom is -0.385 e. The van der Waals surface area contributed by atoms with E-state index in [9.17, 15) is 4.79 Å². The molecule has 0 saturated heterocycles. The summed E-state index contributed by atoms with van der Waals surface area (Å²) in [6.07, 6.45) is 3.26. The Morgan fingerprint density at radius 2 is 2.14 bits per heavy atom. The van der Waals surface area contributed by atoms with Gasteiger partial charge in [0.2, 0.25) is 0 Å². The van der Waals surface area contributed by atoms with E-state index in [0.717, 1.165) is 36.6 Å². The summed E-state index contributed by atoms with van der Waals surface area (Å²) in [6, 6.07) is 6.45. The molecule has 0 fully saturated rings. The first kappa shape index (κ1) is 20.9. The van der Waals surface area contributed by atoms with Gasteiger partial charge in [-0.15, -0.1) is 0 Å². The number of carbonyl (C=O) groups excluding carboxylic acids is 1. The van der Waals surface area contributed by atoms with E-state index in [1.807, 2.05) is 13.8 Å². The fourth-order valence-electron chi connectivity index (χ4n) is 3.45. The number of hydrogen-bond acceptors (Lipinski definition) is 6. The molecule has 154 valence electrons. The molecule has 7 nitrogen and oxygen atoms in total. The zero-order valence-electron chi connectivity index (χ0n) is 17.8. The van der Waals surface area contributed by atoms with Gasteiger partial charge in [-0.1, -0.05) is 17.7 Å². The predicted molar refractivity (Wildman–Crippen MR) is 116 cm³/mol. The summed E-state index contributed by atoms with van der Waals surface area (Å²) >= 11 is 0. The number of benzene rings is 1. The lowest BCUT2D eigenvalue weighted by atomic mass is 10.1. The van der Waals surface area contributed by atoms with Gasteiger partial charge in [0.1, 0.15) is 17.7 Å². The normalized spacial score (nSPS) is 14.7. The average molecular weight is 396 g/mol. The largest absolute Gasteiger partial charge is 0.385 e. The monoisotopic (exact) mass is 395 g/mol. The Morgan fingerprint density at radius 3 is 2.90 bits per heavy atom. The summed E-state index contributed by atoms with van der Waals surface area (Å²) < 4.78 is 5.07. The number of nitrogens with one attached hydrogen (secondary N) is 1. The molecule has 0 aliphatic carbocycles. The molecule has 3 rings (SSSR count). The molecule has 1 atom stereocenters. The van der Waals surface area contributed by atoms with Crippen LogP contribution in [0.1, 0.15) is 37.1 Å². The molecule has 1 amide bonds. The van der Waals surface area contributed by atoms with E-state index < -0.39 is 0 Å². The van der Waals surface area contributed by atoms with Crippen LogP contribution >= 0.6 is 0 Å². The van der Waals surface area contributed by atoms with Crippen LogP contribution in [0.25, 0.3) is 0 Å². The van der Waals surface area contributed by atoms with Crippen molar-refractivity contribution in [3.8, 4) is 0 Å². The number of aryl methyl sites for hydroxylation is 2. The summed E-state index contributed by atoms with van der Waals surface area (Å²) in [6.45, 7) is 9.09. The van der Waals surface area contributed by atoms with E-state index in [-0.39, 0.29) is 11.9 Å². The Bertz CT molecular complexity index is 925. The quantitative estimate of drug-likeness (QED) is 0.727. The second kappa shape index (κ2) is 9.13. The molecule has 1 aliphatic heterocycles. The van der Waals surface area contributed by atoms with Crippen molar-refractivity contribution >= 4 is 28.8 Å². The number of aromatic nitrogens is 2. The molecule has 1 unspecified atom stereocenters. The van der Waals surface area contributed by atoms with Crippen LogP contribution in [0.15, 0.2) is 29.5 Å². The van der Waals surface area contributed by atoms with Crippen molar-refractivity contribution in [2.24, 2.45) is 4.99 Å². The number of rotatable bonds is 7. The smallest absolute Gasteiger partial charge is 0.265 e. The molecule has 7 heteroatoms. The number of ether oxygens (including phenoxy) is 1. The van der Waals surface area contributed by atoms with Crippen molar-refractivity contribution < 1.29 is 9.53 Å². The van der Waals surface area contributed by atoms with E-state index in [1.54, 1.807) is 20.4 Å². The van der Waals surface area contributed by atoms with Crippen LogP contribution < -0.4 is 10.2 Å². The Kier molecular flexibility index (Phi) is 6.59. The maximum absolute atomic E-state index is 12.6. The predicted octanol–water partition coefficient (Wildman–Crippen LogP) is 3.42. The molecule has 0 bridgehead atoms. The topological polar surface area (TPSA) is 79.7 Å². The summed E-state index contributed by atoms with van der Waals surface area (Å²) in [5, 5.41) is 2.96. The molecule has 0 saturated carbocycles. The number of fused-ring (bicyclic) bond motifs is 1. The molecule has 29 heavy (non-hydrogen) atoms. The van der Waals surface area contributed by atoms with Gasteiger partial charge in [-0.25, -0.2) is 15.0 Å². The number of carbonyl (C=O) groups is 1. The number of anilines is 2. The van der Waals surface area contributed by atoms with Crippen molar-refractivity contribution in [2.45, 2.75) is 46.6 Å². The SMILES string of the molecule is COCCC(C)NC(=O)/C(C)=N/c1c(C)ncnc1N1CCc2cc(C)ccc21. The highest BCUT2D eigenvalue weighted by Crippen LogP contribution is 2.39. The van der Waals surface area contributed by atoms with Gasteiger partial charge in [-0.05, 0) is 52.2 Å². The minimum atomic E-state index is -0.194. The van der Waals surface area contributed by atoms with E-state index in [4.69, 9.17) is 4.74 Å². The first-order chi connectivity index (χ1) is 13.9. The summed E-state index contributed by atoms with van der Waals surface area (Å²) in [5.74, 6) is 0.542. The van der Waals surface area contributed by atoms with Crippen molar-refractivity contribution in [3.05, 3.63) is 41.3 Å². The molecular formula is C22H29N5O2. The first-order valence-corrected chi connectivity index (χ1v) is 9.94. The zero-order valence-corrected chi connectivity index (χ0v) is 17.8. The molecule has 0 spiro atoms. The molecule has 2 aromatic rings. The first-order valence-electron chi connectivity index (χ1n) is 9.94. The van der Waals surface area contributed by atoms with Gasteiger partial charge in [0, 0.05) is 32.0 Å². The van der Waals surface area contributed by atoms with E-state index in [0.29, 0.717) is 18.0 Å². The van der Waals surface area contributed by atoms with Crippen LogP contribution in [0, 0.1) is 13.8 Å². The van der Waals surface area contributed by atoms with Crippen LogP contribution in [0.3, 0.4) is 0 Å². The second-order valence-corrected chi connectivity index (χ2v) is 7.52. The fourth-order valence-corrected chi connectivity index (χ4v) is 3.45. The molecule has 1 aliphatic rings. The van der Waals surface area contributed by atoms with Gasteiger partial charge in [-0.2, -0.15) is 0 Å². The lowest BCUT2D eigenvalue weighted by Gasteiger charge is -2.21. The fraction of sp³-hybridized carbons (Fsp3) is 0.455. The molecule has 1 aromatic carbocycles. The summed E-state index contributed by atoms with van der Waals surface area (Å²) in [7, 11) is 1.65. The highest BCUT2D eigenvalue weighted by molar-refractivity contribution is 6.38. The van der Waals surface area contributed by atoms with Crippen LogP contribution in [0.5, 0.6) is 0 Å². The van der Waals surface area contributed by atoms with Gasteiger partial charge in [0.25, 0.3) is 5.91 Å². The molecular weight excluding hydrogens is 366 g/mol. The Balaban J connectivity index is 1.88.